The fourth-order valence-corrected chi connectivity index (χ4v) is 0. The Morgan fingerprint density at radius 1 is 1.67 bits per heavy atom. The van der Waals surface area contributed by atoms with Gasteiger partial charge in [0, 0.05) is 8.41 Å². The summed E-state index contributed by atoms with van der Waals surface area (Å²) in [7, 11) is 0. The standard InChI is InChI=1S/C3H8O2.B/c1-3(5)2-4;/h3-5H,2H2,1H3;. The van der Waals surface area contributed by atoms with Crippen molar-refractivity contribution >= 4 is 8.41 Å². The molecule has 0 bridgehead atoms. The van der Waals surface area contributed by atoms with Gasteiger partial charge in [-0.3, -0.25) is 0 Å². The lowest BCUT2D eigenvalue weighted by Gasteiger charge is -1.90. The van der Waals surface area contributed by atoms with Crippen LogP contribution in [0.25, 0.3) is 0 Å². The van der Waals surface area contributed by atoms with Gasteiger partial charge < -0.3 is 10.2 Å². The Labute approximate surface area is 39.4 Å². The fourth-order valence-electron chi connectivity index (χ4n) is 0. The highest BCUT2D eigenvalue weighted by Gasteiger charge is 1.83. The third kappa shape index (κ3) is 9.01. The van der Waals surface area contributed by atoms with Gasteiger partial charge >= 0.3 is 0 Å². The van der Waals surface area contributed by atoms with Crippen LogP contribution in [0.2, 0.25) is 0 Å². The van der Waals surface area contributed by atoms with E-state index in [0.29, 0.717) is 0 Å². The summed E-state index contributed by atoms with van der Waals surface area (Å²) < 4.78 is 0. The molecule has 3 radical (unpaired) electrons. The normalized spacial score (nSPS) is 12.5. The van der Waals surface area contributed by atoms with Crippen LogP contribution in [0.4, 0.5) is 0 Å². The third-order valence-corrected chi connectivity index (χ3v) is 0.264. The summed E-state index contributed by atoms with van der Waals surface area (Å²) >= 11 is 0. The summed E-state index contributed by atoms with van der Waals surface area (Å²) in [4.78, 5) is 0. The molecule has 3 heteroatoms. The van der Waals surface area contributed by atoms with Gasteiger partial charge in [-0.1, -0.05) is 0 Å². The van der Waals surface area contributed by atoms with Crippen LogP contribution >= 0.6 is 0 Å². The van der Waals surface area contributed by atoms with Gasteiger partial charge in [-0.05, 0) is 6.92 Å². The SMILES string of the molecule is CC(O)CO.[B]. The summed E-state index contributed by atoms with van der Waals surface area (Å²) in [5.41, 5.74) is 0. The van der Waals surface area contributed by atoms with Crippen molar-refractivity contribution in [2.75, 3.05) is 6.61 Å². The highest BCUT2D eigenvalue weighted by atomic mass is 16.3. The van der Waals surface area contributed by atoms with Crippen molar-refractivity contribution in [3.05, 3.63) is 0 Å². The van der Waals surface area contributed by atoms with Gasteiger partial charge in [0.2, 0.25) is 0 Å². The Kier molecular flexibility index (Phi) is 7.78. The summed E-state index contributed by atoms with van der Waals surface area (Å²) in [6, 6.07) is 0. The van der Waals surface area contributed by atoms with E-state index < -0.39 is 6.10 Å². The molecule has 0 aliphatic carbocycles. The summed E-state index contributed by atoms with van der Waals surface area (Å²) in [6.07, 6.45) is -0.560. The number of rotatable bonds is 1. The predicted molar refractivity (Wildman–Crippen MR) is 24.5 cm³/mol. The zero-order chi connectivity index (χ0) is 4.28. The van der Waals surface area contributed by atoms with Gasteiger partial charge in [-0.25, -0.2) is 0 Å². The lowest BCUT2D eigenvalue weighted by atomic mass is 10.5. The molecule has 0 saturated heterocycles. The van der Waals surface area contributed by atoms with E-state index in [9.17, 15) is 0 Å². The van der Waals surface area contributed by atoms with Crippen molar-refractivity contribution in [1.82, 2.24) is 0 Å². The minimum Gasteiger partial charge on any atom is -0.394 e. The average Bonchev–Trinajstić information content (AvgIpc) is 1.38. The van der Waals surface area contributed by atoms with Gasteiger partial charge in [0.1, 0.15) is 0 Å². The van der Waals surface area contributed by atoms with Crippen LogP contribution in [0.15, 0.2) is 0 Å². The maximum absolute atomic E-state index is 8.11. The first-order chi connectivity index (χ1) is 2.27. The van der Waals surface area contributed by atoms with Gasteiger partial charge in [0.15, 0.2) is 0 Å². The van der Waals surface area contributed by atoms with Gasteiger partial charge in [-0.2, -0.15) is 0 Å². The molecule has 0 aliphatic rings. The second-order valence-electron chi connectivity index (χ2n) is 1.03. The van der Waals surface area contributed by atoms with Crippen molar-refractivity contribution in [3.63, 3.8) is 0 Å². The van der Waals surface area contributed by atoms with Gasteiger partial charge in [0.25, 0.3) is 0 Å². The average molecular weight is 86.9 g/mol. The van der Waals surface area contributed by atoms with Crippen molar-refractivity contribution in [1.29, 1.82) is 0 Å². The van der Waals surface area contributed by atoms with Crippen LogP contribution < -0.4 is 0 Å². The summed E-state index contributed by atoms with van der Waals surface area (Å²) in [5, 5.41) is 16.0. The number of aliphatic hydroxyl groups is 2. The topological polar surface area (TPSA) is 40.5 Å². The van der Waals surface area contributed by atoms with E-state index in [1.54, 1.807) is 0 Å². The minimum absolute atomic E-state index is 0. The highest BCUT2D eigenvalue weighted by Crippen LogP contribution is 1.68. The van der Waals surface area contributed by atoms with Crippen molar-refractivity contribution < 1.29 is 10.2 Å². The molecule has 0 heterocycles. The Bertz CT molecular complexity index is 22.8. The molecule has 2 nitrogen and oxygen atoms in total. The zero-order valence-corrected chi connectivity index (χ0v) is 3.76. The van der Waals surface area contributed by atoms with Crippen LogP contribution in [0.3, 0.4) is 0 Å². The molecule has 0 aromatic heterocycles. The number of hydrogen-bond acceptors (Lipinski definition) is 2. The second kappa shape index (κ2) is 4.98. The monoisotopic (exact) mass is 87.1 g/mol. The van der Waals surface area contributed by atoms with Gasteiger partial charge in [-0.15, -0.1) is 0 Å². The van der Waals surface area contributed by atoms with E-state index in [2.05, 4.69) is 0 Å². The molecule has 1 unspecified atom stereocenters. The molecule has 0 aromatic carbocycles. The van der Waals surface area contributed by atoms with Gasteiger partial charge in [0.05, 0.1) is 12.7 Å². The van der Waals surface area contributed by atoms with Crippen molar-refractivity contribution in [2.45, 2.75) is 13.0 Å². The van der Waals surface area contributed by atoms with Crippen LogP contribution in [0.1, 0.15) is 6.92 Å². The quantitative estimate of drug-likeness (QED) is 0.402. The molecule has 0 rings (SSSR count). The first-order valence-corrected chi connectivity index (χ1v) is 1.56. The van der Waals surface area contributed by atoms with E-state index in [4.69, 9.17) is 10.2 Å². The second-order valence-corrected chi connectivity index (χ2v) is 1.03. The Balaban J connectivity index is 0. The molecular weight excluding hydrogens is 78.8 g/mol. The molecule has 1 atom stereocenters. The predicted octanol–water partition coefficient (Wildman–Crippen LogP) is -1.02. The van der Waals surface area contributed by atoms with E-state index in [-0.39, 0.29) is 15.0 Å². The molecule has 6 heavy (non-hydrogen) atoms. The molecule has 0 spiro atoms. The van der Waals surface area contributed by atoms with Crippen molar-refractivity contribution in [2.24, 2.45) is 0 Å². The first kappa shape index (κ1) is 9.37. The maximum atomic E-state index is 8.11. The Hall–Kier alpha value is -0.0151. The smallest absolute Gasteiger partial charge is 0.0742 e. The molecular formula is C3H8BO2. The lowest BCUT2D eigenvalue weighted by Crippen LogP contribution is -2.03. The summed E-state index contributed by atoms with van der Waals surface area (Å²) in [5.74, 6) is 0. The van der Waals surface area contributed by atoms with E-state index >= 15 is 0 Å². The molecule has 0 aromatic rings. The third-order valence-electron chi connectivity index (χ3n) is 0.264. The minimum atomic E-state index is -0.560. The molecule has 0 saturated carbocycles. The molecule has 0 amide bonds. The Morgan fingerprint density at radius 3 is 1.83 bits per heavy atom. The van der Waals surface area contributed by atoms with Crippen molar-refractivity contribution in [3.8, 4) is 0 Å². The van der Waals surface area contributed by atoms with Crippen LogP contribution in [-0.4, -0.2) is 31.3 Å². The fraction of sp³-hybridized carbons (Fsp3) is 1.00. The summed E-state index contributed by atoms with van der Waals surface area (Å²) in [6.45, 7) is 1.39. The van der Waals surface area contributed by atoms with Crippen LogP contribution in [0, 0.1) is 0 Å². The highest BCUT2D eigenvalue weighted by molar-refractivity contribution is 5.75. The lowest BCUT2D eigenvalue weighted by molar-refractivity contribution is 0.110. The van der Waals surface area contributed by atoms with E-state index in [0.717, 1.165) is 0 Å². The van der Waals surface area contributed by atoms with E-state index in [1.165, 1.54) is 6.92 Å². The molecule has 2 N–H and O–H groups in total. The molecule has 0 fully saturated rings. The number of hydrogen-bond donors (Lipinski definition) is 2. The zero-order valence-electron chi connectivity index (χ0n) is 3.76. The Morgan fingerprint density at radius 2 is 1.83 bits per heavy atom. The first-order valence-electron chi connectivity index (χ1n) is 1.56. The maximum Gasteiger partial charge on any atom is 0.0742 e. The van der Waals surface area contributed by atoms with Crippen LogP contribution in [-0.2, 0) is 0 Å². The van der Waals surface area contributed by atoms with E-state index in [1.807, 2.05) is 0 Å². The largest absolute Gasteiger partial charge is 0.394 e. The molecule has 35 valence electrons. The molecule has 0 aliphatic heterocycles. The van der Waals surface area contributed by atoms with Crippen LogP contribution in [0.5, 0.6) is 0 Å². The number of aliphatic hydroxyl groups excluding tert-OH is 2.